The molecule has 0 spiro atoms. The van der Waals surface area contributed by atoms with Gasteiger partial charge in [-0.05, 0) is 62.9 Å². The Morgan fingerprint density at radius 2 is 1.83 bits per heavy atom. The second-order valence-electron chi connectivity index (χ2n) is 7.10. The molecule has 0 radical (unpaired) electrons. The van der Waals surface area contributed by atoms with Gasteiger partial charge in [0.05, 0.1) is 9.35 Å². The number of unbranched alkanes of at least 4 members (excludes halogenated alkanes) is 2. The van der Waals surface area contributed by atoms with Crippen molar-refractivity contribution in [3.05, 3.63) is 64.1 Å². The molecule has 0 aromatic heterocycles. The van der Waals surface area contributed by atoms with E-state index in [1.165, 1.54) is 4.90 Å². The highest BCUT2D eigenvalue weighted by Crippen LogP contribution is 2.24. The molecular weight excluding hydrogens is 446 g/mol. The van der Waals surface area contributed by atoms with Crippen molar-refractivity contribution in [1.82, 2.24) is 4.90 Å². The Morgan fingerprint density at radius 1 is 1.13 bits per heavy atom. The molecule has 0 aliphatic carbocycles. The molecule has 2 rings (SSSR count). The summed E-state index contributed by atoms with van der Waals surface area (Å²) < 4.78 is 24.6. The van der Waals surface area contributed by atoms with Crippen LogP contribution in [0.15, 0.2) is 53.0 Å². The summed E-state index contributed by atoms with van der Waals surface area (Å²) in [5.41, 5.74) is 0.700. The number of ether oxygens (including phenoxy) is 1. The van der Waals surface area contributed by atoms with Crippen molar-refractivity contribution in [2.24, 2.45) is 0 Å². The number of halogens is 1. The molecule has 1 atom stereocenters. The lowest BCUT2D eigenvalue weighted by molar-refractivity contribution is -0.137. The van der Waals surface area contributed by atoms with Crippen molar-refractivity contribution >= 4 is 27.8 Å². The minimum Gasteiger partial charge on any atom is -0.493 e. The van der Waals surface area contributed by atoms with Crippen molar-refractivity contribution in [3.63, 3.8) is 0 Å². The molecule has 5 nitrogen and oxygen atoms in total. The van der Waals surface area contributed by atoms with Gasteiger partial charge in [-0.15, -0.1) is 0 Å². The van der Waals surface area contributed by atoms with Crippen LogP contribution in [0.5, 0.6) is 5.75 Å². The average Bonchev–Trinajstić information content (AvgIpc) is 2.76. The number of amides is 1. The second kappa shape index (κ2) is 12.4. The van der Waals surface area contributed by atoms with Crippen LogP contribution < -0.4 is 4.74 Å². The van der Waals surface area contributed by atoms with Crippen LogP contribution in [0.25, 0.3) is 0 Å². The van der Waals surface area contributed by atoms with Gasteiger partial charge in [-0.3, -0.25) is 9.59 Å². The van der Waals surface area contributed by atoms with Crippen molar-refractivity contribution in [3.8, 4) is 5.75 Å². The maximum atomic E-state index is 13.4. The largest absolute Gasteiger partial charge is 0.493 e. The minimum atomic E-state index is -2.10. The molecule has 1 amide bonds. The smallest absolute Gasteiger partial charge is 0.303 e. The Balaban J connectivity index is 2.25. The number of nitrogens with zero attached hydrogens (tertiary/aromatic N) is 1. The van der Waals surface area contributed by atoms with Gasteiger partial charge in [0.15, 0.2) is 0 Å². The van der Waals surface area contributed by atoms with E-state index in [0.717, 1.165) is 4.47 Å². The number of carbonyl (C=O) groups excluding carboxylic acids is 1. The zero-order chi connectivity index (χ0) is 23.7. The third kappa shape index (κ3) is 7.48. The van der Waals surface area contributed by atoms with Crippen molar-refractivity contribution < 1.29 is 22.2 Å². The lowest BCUT2D eigenvalue weighted by Gasteiger charge is -2.29. The Bertz CT molecular complexity index is 905. The van der Waals surface area contributed by atoms with E-state index in [2.05, 4.69) is 15.9 Å². The lowest BCUT2D eigenvalue weighted by Crippen LogP contribution is -2.37. The Labute approximate surface area is 190 Å². The van der Waals surface area contributed by atoms with Gasteiger partial charge in [-0.2, -0.15) is 0 Å². The number of benzene rings is 2. The number of para-hydroxylation sites is 1. The molecule has 2 aromatic rings. The van der Waals surface area contributed by atoms with E-state index in [1.54, 1.807) is 48.5 Å². The van der Waals surface area contributed by atoms with Gasteiger partial charge in [-0.1, -0.05) is 41.1 Å². The molecule has 0 heterocycles. The van der Waals surface area contributed by atoms with Crippen LogP contribution in [0.2, 0.25) is 0 Å². The predicted molar refractivity (Wildman–Crippen MR) is 122 cm³/mol. The van der Waals surface area contributed by atoms with Gasteiger partial charge < -0.3 is 14.7 Å². The second-order valence-corrected chi connectivity index (χ2v) is 8.02. The van der Waals surface area contributed by atoms with Crippen molar-refractivity contribution in [1.29, 1.82) is 0 Å². The van der Waals surface area contributed by atoms with Gasteiger partial charge in [0.1, 0.15) is 5.75 Å². The van der Waals surface area contributed by atoms with Gasteiger partial charge in [0.25, 0.3) is 5.91 Å². The Hall–Kier alpha value is -2.34. The standard InChI is InChI=1S/C24H30BrNO4/c1-3-18(2)26(24(29)19-12-14-21(25)15-13-19)17-20-9-6-7-10-22(20)30-16-8-4-5-11-23(27)28/h6-7,9-10,12-15,18H,3-5,8,11,16-17H2,1-2H3,(H,27,28)/i17D2. The molecule has 0 saturated heterocycles. The normalized spacial score (nSPS) is 13.2. The summed E-state index contributed by atoms with van der Waals surface area (Å²) in [6, 6.07) is 13.4. The fourth-order valence-corrected chi connectivity index (χ4v) is 3.09. The average molecular weight is 478 g/mol. The molecule has 162 valence electrons. The van der Waals surface area contributed by atoms with E-state index in [-0.39, 0.29) is 23.9 Å². The molecule has 0 aliphatic rings. The van der Waals surface area contributed by atoms with Crippen LogP contribution in [-0.2, 0) is 11.3 Å². The zero-order valence-electron chi connectivity index (χ0n) is 19.4. The maximum absolute atomic E-state index is 13.4. The lowest BCUT2D eigenvalue weighted by atomic mass is 10.1. The van der Waals surface area contributed by atoms with Crippen LogP contribution in [0.4, 0.5) is 0 Å². The maximum Gasteiger partial charge on any atom is 0.303 e. The van der Waals surface area contributed by atoms with Crippen LogP contribution in [0.1, 0.15) is 64.6 Å². The van der Waals surface area contributed by atoms with Crippen LogP contribution in [-0.4, -0.2) is 34.5 Å². The SMILES string of the molecule is [2H]C([2H])(c1ccccc1OCCCCCC(=O)O)N(C(=O)c1ccc(Br)cc1)C(C)CC. The Morgan fingerprint density at radius 3 is 2.50 bits per heavy atom. The molecule has 30 heavy (non-hydrogen) atoms. The third-order valence-corrected chi connectivity index (χ3v) is 5.29. The summed E-state index contributed by atoms with van der Waals surface area (Å²) >= 11 is 3.36. The molecule has 0 bridgehead atoms. The highest BCUT2D eigenvalue weighted by atomic mass is 79.9. The monoisotopic (exact) mass is 477 g/mol. The van der Waals surface area contributed by atoms with E-state index < -0.39 is 12.5 Å². The zero-order valence-corrected chi connectivity index (χ0v) is 19.0. The number of rotatable bonds is 12. The van der Waals surface area contributed by atoms with Crippen LogP contribution >= 0.6 is 15.9 Å². The summed E-state index contributed by atoms with van der Waals surface area (Å²) in [6.07, 6.45) is 2.67. The highest BCUT2D eigenvalue weighted by molar-refractivity contribution is 9.10. The quantitative estimate of drug-likeness (QED) is 0.385. The van der Waals surface area contributed by atoms with Crippen molar-refractivity contribution in [2.45, 2.75) is 58.5 Å². The Kier molecular flexibility index (Phi) is 8.63. The molecule has 0 saturated carbocycles. The fraction of sp³-hybridized carbons (Fsp3) is 0.417. The summed E-state index contributed by atoms with van der Waals surface area (Å²) in [4.78, 5) is 25.3. The summed E-state index contributed by atoms with van der Waals surface area (Å²) in [7, 11) is 0. The number of aliphatic carboxylic acids is 1. The van der Waals surface area contributed by atoms with E-state index in [1.807, 2.05) is 13.8 Å². The number of hydrogen-bond acceptors (Lipinski definition) is 3. The highest BCUT2D eigenvalue weighted by Gasteiger charge is 2.22. The minimum absolute atomic E-state index is 0.126. The topological polar surface area (TPSA) is 66.8 Å². The summed E-state index contributed by atoms with van der Waals surface area (Å²) in [6.45, 7) is 2.00. The number of carboxylic acids is 1. The van der Waals surface area contributed by atoms with Crippen LogP contribution in [0, 0.1) is 0 Å². The van der Waals surface area contributed by atoms with Crippen molar-refractivity contribution in [2.75, 3.05) is 6.61 Å². The first-order valence-corrected chi connectivity index (χ1v) is 11.0. The molecule has 6 heteroatoms. The first-order valence-electron chi connectivity index (χ1n) is 11.2. The summed E-state index contributed by atoms with van der Waals surface area (Å²) in [5, 5.41) is 8.72. The molecule has 1 unspecified atom stereocenters. The molecule has 0 aliphatic heterocycles. The van der Waals surface area contributed by atoms with Gasteiger partial charge >= 0.3 is 5.97 Å². The number of hydrogen-bond donors (Lipinski definition) is 1. The number of carbonyl (C=O) groups is 2. The van der Waals surface area contributed by atoms with E-state index in [0.29, 0.717) is 43.6 Å². The van der Waals surface area contributed by atoms with E-state index in [4.69, 9.17) is 12.6 Å². The predicted octanol–water partition coefficient (Wildman–Crippen LogP) is 5.91. The molecule has 1 N–H and O–H groups in total. The van der Waals surface area contributed by atoms with Gasteiger partial charge in [-0.25, -0.2) is 0 Å². The molecular formula is C24H30BrNO4. The molecule has 0 fully saturated rings. The van der Waals surface area contributed by atoms with E-state index >= 15 is 0 Å². The number of carboxylic acid groups (broad SMARTS) is 1. The first kappa shape index (κ1) is 20.9. The van der Waals surface area contributed by atoms with Crippen LogP contribution in [0.3, 0.4) is 0 Å². The van der Waals surface area contributed by atoms with Gasteiger partial charge in [0.2, 0.25) is 0 Å². The first-order chi connectivity index (χ1) is 15.2. The van der Waals surface area contributed by atoms with E-state index in [9.17, 15) is 9.59 Å². The molecule has 2 aromatic carbocycles. The summed E-state index contributed by atoms with van der Waals surface area (Å²) in [5.74, 6) is -0.821. The fourth-order valence-electron chi connectivity index (χ4n) is 2.83. The van der Waals surface area contributed by atoms with Gasteiger partial charge in [0, 0.05) is 34.6 Å². The third-order valence-electron chi connectivity index (χ3n) is 4.76.